The van der Waals surface area contributed by atoms with Crippen molar-refractivity contribution in [3.63, 3.8) is 0 Å². The molecule has 7 nitrogen and oxygen atoms in total. The molecule has 1 amide bonds. The SMILES string of the molecule is C[C@@H]1CN(c2ccc(CNC(=O)c3ccn(C)c(=O)c3)cn2)C[C@@H](C)O1. The number of carbonyl (C=O) groups is 1. The minimum Gasteiger partial charge on any atom is -0.372 e. The lowest BCUT2D eigenvalue weighted by atomic mass is 10.2. The zero-order valence-corrected chi connectivity index (χ0v) is 15.3. The molecule has 1 fully saturated rings. The number of aryl methyl sites for hydroxylation is 1. The van der Waals surface area contributed by atoms with Crippen molar-refractivity contribution in [1.29, 1.82) is 0 Å². The molecule has 0 aliphatic carbocycles. The first-order valence-electron chi connectivity index (χ1n) is 8.72. The number of amides is 1. The Morgan fingerprint density at radius 2 is 2.00 bits per heavy atom. The zero-order valence-electron chi connectivity index (χ0n) is 15.3. The lowest BCUT2D eigenvalue weighted by molar-refractivity contribution is -0.00546. The van der Waals surface area contributed by atoms with Gasteiger partial charge in [-0.05, 0) is 31.5 Å². The van der Waals surface area contributed by atoms with Crippen LogP contribution in [0.4, 0.5) is 5.82 Å². The van der Waals surface area contributed by atoms with Crippen molar-refractivity contribution in [2.45, 2.75) is 32.6 Å². The third-order valence-electron chi connectivity index (χ3n) is 4.37. The summed E-state index contributed by atoms with van der Waals surface area (Å²) in [5.74, 6) is 0.635. The Morgan fingerprint density at radius 1 is 1.27 bits per heavy atom. The fraction of sp³-hybridized carbons (Fsp3) is 0.421. The van der Waals surface area contributed by atoms with E-state index in [1.165, 1.54) is 10.6 Å². The number of anilines is 1. The minimum atomic E-state index is -0.275. The van der Waals surface area contributed by atoms with Crippen LogP contribution in [0.5, 0.6) is 0 Å². The van der Waals surface area contributed by atoms with Gasteiger partial charge in [0.2, 0.25) is 0 Å². The van der Waals surface area contributed by atoms with Gasteiger partial charge in [-0.2, -0.15) is 0 Å². The molecule has 26 heavy (non-hydrogen) atoms. The van der Waals surface area contributed by atoms with Crippen molar-refractivity contribution in [3.05, 3.63) is 58.1 Å². The summed E-state index contributed by atoms with van der Waals surface area (Å²) in [4.78, 5) is 30.5. The summed E-state index contributed by atoms with van der Waals surface area (Å²) in [7, 11) is 1.65. The Labute approximate surface area is 152 Å². The molecule has 3 rings (SSSR count). The fourth-order valence-corrected chi connectivity index (χ4v) is 3.05. The highest BCUT2D eigenvalue weighted by Crippen LogP contribution is 2.18. The number of pyridine rings is 2. The molecule has 0 bridgehead atoms. The van der Waals surface area contributed by atoms with Crippen LogP contribution in [0.3, 0.4) is 0 Å². The van der Waals surface area contributed by atoms with Gasteiger partial charge in [-0.15, -0.1) is 0 Å². The normalized spacial score (nSPS) is 20.0. The first kappa shape index (κ1) is 18.1. The van der Waals surface area contributed by atoms with E-state index < -0.39 is 0 Å². The summed E-state index contributed by atoms with van der Waals surface area (Å²) >= 11 is 0. The minimum absolute atomic E-state index is 0.179. The van der Waals surface area contributed by atoms with Crippen molar-refractivity contribution in [3.8, 4) is 0 Å². The number of morpholine rings is 1. The summed E-state index contributed by atoms with van der Waals surface area (Å²) in [6, 6.07) is 6.87. The molecule has 2 aromatic heterocycles. The van der Waals surface area contributed by atoms with Gasteiger partial charge < -0.3 is 19.5 Å². The Kier molecular flexibility index (Phi) is 5.37. The van der Waals surface area contributed by atoms with Crippen LogP contribution < -0.4 is 15.8 Å². The lowest BCUT2D eigenvalue weighted by Gasteiger charge is -2.36. The van der Waals surface area contributed by atoms with E-state index in [2.05, 4.69) is 29.0 Å². The standard InChI is InChI=1S/C19H24N4O3/c1-13-11-23(12-14(2)26-13)17-5-4-15(9-20-17)10-21-19(25)16-6-7-22(3)18(24)8-16/h4-9,13-14H,10-12H2,1-3H3,(H,21,25)/t13-,14-/m1/s1. The molecule has 1 N–H and O–H groups in total. The predicted molar refractivity (Wildman–Crippen MR) is 99.3 cm³/mol. The molecule has 2 aromatic rings. The van der Waals surface area contributed by atoms with Gasteiger partial charge in [-0.3, -0.25) is 9.59 Å². The van der Waals surface area contributed by atoms with E-state index >= 15 is 0 Å². The molecule has 1 aliphatic heterocycles. The number of ether oxygens (including phenoxy) is 1. The van der Waals surface area contributed by atoms with Crippen LogP contribution in [0.15, 0.2) is 41.5 Å². The Hall–Kier alpha value is -2.67. The largest absolute Gasteiger partial charge is 0.372 e. The summed E-state index contributed by atoms with van der Waals surface area (Å²) in [5, 5.41) is 2.81. The summed E-state index contributed by atoms with van der Waals surface area (Å²) < 4.78 is 7.17. The number of nitrogens with zero attached hydrogens (tertiary/aromatic N) is 3. The first-order chi connectivity index (χ1) is 12.4. The van der Waals surface area contributed by atoms with E-state index in [9.17, 15) is 9.59 Å². The van der Waals surface area contributed by atoms with Gasteiger partial charge in [0.05, 0.1) is 12.2 Å². The molecule has 0 unspecified atom stereocenters. The van der Waals surface area contributed by atoms with E-state index in [4.69, 9.17) is 4.74 Å². The molecule has 2 atom stereocenters. The highest BCUT2D eigenvalue weighted by molar-refractivity contribution is 5.93. The van der Waals surface area contributed by atoms with E-state index in [-0.39, 0.29) is 23.7 Å². The number of hydrogen-bond acceptors (Lipinski definition) is 5. The maximum absolute atomic E-state index is 12.2. The smallest absolute Gasteiger partial charge is 0.251 e. The number of nitrogens with one attached hydrogen (secondary N) is 1. The quantitative estimate of drug-likeness (QED) is 0.894. The zero-order chi connectivity index (χ0) is 18.7. The molecular weight excluding hydrogens is 332 g/mol. The Bertz CT molecular complexity index is 821. The maximum atomic E-state index is 12.2. The van der Waals surface area contributed by atoms with Crippen molar-refractivity contribution in [2.24, 2.45) is 7.05 Å². The van der Waals surface area contributed by atoms with E-state index in [0.29, 0.717) is 12.1 Å². The number of rotatable bonds is 4. The van der Waals surface area contributed by atoms with E-state index in [0.717, 1.165) is 24.5 Å². The molecule has 0 saturated carbocycles. The molecule has 3 heterocycles. The van der Waals surface area contributed by atoms with Gasteiger partial charge >= 0.3 is 0 Å². The van der Waals surface area contributed by atoms with Crippen molar-refractivity contribution in [2.75, 3.05) is 18.0 Å². The highest BCUT2D eigenvalue weighted by Gasteiger charge is 2.22. The molecule has 1 aliphatic rings. The van der Waals surface area contributed by atoms with E-state index in [1.807, 2.05) is 12.1 Å². The lowest BCUT2D eigenvalue weighted by Crippen LogP contribution is -2.45. The van der Waals surface area contributed by atoms with Crippen LogP contribution >= 0.6 is 0 Å². The summed E-state index contributed by atoms with van der Waals surface area (Å²) in [5.41, 5.74) is 1.05. The number of hydrogen-bond donors (Lipinski definition) is 1. The summed E-state index contributed by atoms with van der Waals surface area (Å²) in [6.07, 6.45) is 3.71. The Morgan fingerprint density at radius 3 is 2.62 bits per heavy atom. The van der Waals surface area contributed by atoms with Crippen molar-refractivity contribution < 1.29 is 9.53 Å². The monoisotopic (exact) mass is 356 g/mol. The van der Waals surface area contributed by atoms with Gasteiger partial charge in [0.1, 0.15) is 5.82 Å². The van der Waals surface area contributed by atoms with Crippen LogP contribution in [0.2, 0.25) is 0 Å². The van der Waals surface area contributed by atoms with Crippen LogP contribution in [-0.4, -0.2) is 40.8 Å². The summed E-state index contributed by atoms with van der Waals surface area (Å²) in [6.45, 7) is 6.11. The molecule has 0 aromatic carbocycles. The number of aromatic nitrogens is 2. The second-order valence-electron chi connectivity index (χ2n) is 6.73. The Balaban J connectivity index is 1.59. The van der Waals surface area contributed by atoms with Crippen LogP contribution in [0.25, 0.3) is 0 Å². The van der Waals surface area contributed by atoms with Gasteiger partial charge in [0.15, 0.2) is 0 Å². The van der Waals surface area contributed by atoms with Gasteiger partial charge in [0.25, 0.3) is 11.5 Å². The molecule has 7 heteroatoms. The fourth-order valence-electron chi connectivity index (χ4n) is 3.05. The second-order valence-corrected chi connectivity index (χ2v) is 6.73. The second kappa shape index (κ2) is 7.70. The molecule has 1 saturated heterocycles. The molecule has 138 valence electrons. The maximum Gasteiger partial charge on any atom is 0.251 e. The van der Waals surface area contributed by atoms with Gasteiger partial charge in [-0.1, -0.05) is 6.07 Å². The third kappa shape index (κ3) is 4.29. The average molecular weight is 356 g/mol. The van der Waals surface area contributed by atoms with Crippen LogP contribution in [0, 0.1) is 0 Å². The number of carbonyl (C=O) groups excluding carboxylic acids is 1. The molecular formula is C19H24N4O3. The van der Waals surface area contributed by atoms with Crippen molar-refractivity contribution >= 4 is 11.7 Å². The van der Waals surface area contributed by atoms with Crippen LogP contribution in [0.1, 0.15) is 29.8 Å². The van der Waals surface area contributed by atoms with Crippen molar-refractivity contribution in [1.82, 2.24) is 14.9 Å². The molecule has 0 spiro atoms. The molecule has 0 radical (unpaired) electrons. The average Bonchev–Trinajstić information content (AvgIpc) is 2.61. The van der Waals surface area contributed by atoms with E-state index in [1.54, 1.807) is 25.5 Å². The third-order valence-corrected chi connectivity index (χ3v) is 4.37. The van der Waals surface area contributed by atoms with Crippen LogP contribution in [-0.2, 0) is 18.3 Å². The van der Waals surface area contributed by atoms with Gasteiger partial charge in [0, 0.05) is 50.7 Å². The van der Waals surface area contributed by atoms with Gasteiger partial charge in [-0.25, -0.2) is 4.98 Å². The highest BCUT2D eigenvalue weighted by atomic mass is 16.5. The first-order valence-corrected chi connectivity index (χ1v) is 8.72. The predicted octanol–water partition coefficient (Wildman–Crippen LogP) is 1.32. The topological polar surface area (TPSA) is 76.5 Å².